The molecule has 1 aromatic heterocycles. The van der Waals surface area contributed by atoms with Crippen LogP contribution in [0.25, 0.3) is 22.4 Å². The second-order valence-corrected chi connectivity index (χ2v) is 15.3. The Kier molecular flexibility index (Phi) is 10.4. The third kappa shape index (κ3) is 8.78. The van der Waals surface area contributed by atoms with E-state index in [9.17, 15) is 24.6 Å². The van der Waals surface area contributed by atoms with Crippen molar-refractivity contribution in [1.82, 2.24) is 15.2 Å². The number of pyridine rings is 1. The van der Waals surface area contributed by atoms with Crippen LogP contribution in [0.15, 0.2) is 66.9 Å². The summed E-state index contributed by atoms with van der Waals surface area (Å²) in [7, 11) is 0. The summed E-state index contributed by atoms with van der Waals surface area (Å²) < 4.78 is 5.53. The molecule has 262 valence electrons. The Morgan fingerprint density at radius 1 is 0.980 bits per heavy atom. The van der Waals surface area contributed by atoms with Crippen molar-refractivity contribution in [3.05, 3.63) is 72.4 Å². The van der Waals surface area contributed by atoms with E-state index in [2.05, 4.69) is 10.6 Å². The van der Waals surface area contributed by atoms with Crippen LogP contribution in [0.5, 0.6) is 0 Å². The first-order chi connectivity index (χ1) is 23.0. The molecule has 2 aliphatic rings. The number of rotatable bonds is 9. The fraction of sp³-hybridized carbons (Fsp3) is 0.487. The van der Waals surface area contributed by atoms with Gasteiger partial charge in [0.1, 0.15) is 5.60 Å². The van der Waals surface area contributed by atoms with Crippen LogP contribution in [0, 0.1) is 5.92 Å². The van der Waals surface area contributed by atoms with E-state index >= 15 is 0 Å². The molecule has 2 aromatic carbocycles. The van der Waals surface area contributed by atoms with Gasteiger partial charge in [0.05, 0.1) is 28.7 Å². The number of ether oxygens (including phenoxy) is 1. The van der Waals surface area contributed by atoms with E-state index in [4.69, 9.17) is 9.72 Å². The largest absolute Gasteiger partial charge is 0.465 e. The normalized spacial score (nSPS) is 23.7. The zero-order valence-corrected chi connectivity index (χ0v) is 29.5. The number of aromatic nitrogens is 1. The predicted octanol–water partition coefficient (Wildman–Crippen LogP) is 7.96. The maximum atomic E-state index is 13.2. The number of hydrogen-bond donors (Lipinski definition) is 4. The van der Waals surface area contributed by atoms with Gasteiger partial charge in [0.2, 0.25) is 5.91 Å². The highest BCUT2D eigenvalue weighted by molar-refractivity contribution is 5.93. The highest BCUT2D eigenvalue weighted by atomic mass is 16.6. The van der Waals surface area contributed by atoms with Crippen molar-refractivity contribution in [3.8, 4) is 22.4 Å². The quantitative estimate of drug-likeness (QED) is 0.181. The van der Waals surface area contributed by atoms with Gasteiger partial charge in [-0.05, 0) is 90.3 Å². The number of amides is 3. The number of benzene rings is 2. The Balaban J connectivity index is 1.32. The van der Waals surface area contributed by atoms with Crippen molar-refractivity contribution in [2.24, 2.45) is 5.92 Å². The van der Waals surface area contributed by atoms with Crippen molar-refractivity contribution < 1.29 is 29.3 Å². The zero-order chi connectivity index (χ0) is 35.6. The van der Waals surface area contributed by atoms with Gasteiger partial charge in [-0.3, -0.25) is 9.78 Å². The monoisotopic (exact) mass is 670 g/mol. The number of hydrogen-bond acceptors (Lipinski definition) is 6. The fourth-order valence-electron chi connectivity index (χ4n) is 7.56. The SMILES string of the molecule is CC(C)N(C(=O)O)C1CCC(CC(=O)Nc2cnc(-c3ccc(C4(NC(=O)OC(C)(C)C)CC(C)(O)C4)cc3)c(-c3ccccc3)c2)CC1. The lowest BCUT2D eigenvalue weighted by atomic mass is 9.62. The molecule has 10 nitrogen and oxygen atoms in total. The molecule has 10 heteroatoms. The van der Waals surface area contributed by atoms with Gasteiger partial charge in [0.15, 0.2) is 0 Å². The van der Waals surface area contributed by atoms with E-state index in [0.29, 0.717) is 24.9 Å². The van der Waals surface area contributed by atoms with Crippen LogP contribution >= 0.6 is 0 Å². The summed E-state index contributed by atoms with van der Waals surface area (Å²) in [5.41, 5.74) is 2.61. The Morgan fingerprint density at radius 3 is 2.16 bits per heavy atom. The summed E-state index contributed by atoms with van der Waals surface area (Å²) in [6.45, 7) is 11.0. The minimum Gasteiger partial charge on any atom is -0.465 e. The molecule has 3 aromatic rings. The van der Waals surface area contributed by atoms with E-state index in [-0.39, 0.29) is 23.9 Å². The summed E-state index contributed by atoms with van der Waals surface area (Å²) in [4.78, 5) is 44.0. The second-order valence-electron chi connectivity index (χ2n) is 15.3. The highest BCUT2D eigenvalue weighted by Gasteiger charge is 2.53. The van der Waals surface area contributed by atoms with Crippen LogP contribution in [0.3, 0.4) is 0 Å². The first kappa shape index (κ1) is 35.9. The fourth-order valence-corrected chi connectivity index (χ4v) is 7.56. The van der Waals surface area contributed by atoms with E-state index in [1.807, 2.05) is 95.3 Å². The first-order valence-electron chi connectivity index (χ1n) is 17.3. The number of nitrogens with one attached hydrogen (secondary N) is 2. The molecule has 0 radical (unpaired) electrons. The van der Waals surface area contributed by atoms with E-state index < -0.39 is 28.9 Å². The van der Waals surface area contributed by atoms with Gasteiger partial charge in [-0.25, -0.2) is 9.59 Å². The molecule has 0 saturated heterocycles. The average molecular weight is 671 g/mol. The summed E-state index contributed by atoms with van der Waals surface area (Å²) >= 11 is 0. The molecular formula is C39H50N4O6. The summed E-state index contributed by atoms with van der Waals surface area (Å²) in [6.07, 6.45) is 4.49. The van der Waals surface area contributed by atoms with E-state index in [0.717, 1.165) is 53.6 Å². The molecule has 4 N–H and O–H groups in total. The Labute approximate surface area is 289 Å². The van der Waals surface area contributed by atoms with Crippen LogP contribution < -0.4 is 10.6 Å². The number of carbonyl (C=O) groups excluding carboxylic acids is 2. The molecule has 0 aliphatic heterocycles. The lowest BCUT2D eigenvalue weighted by molar-refractivity contribution is -0.117. The number of nitrogens with zero attached hydrogens (tertiary/aromatic N) is 2. The average Bonchev–Trinajstić information content (AvgIpc) is 3.00. The van der Waals surface area contributed by atoms with Gasteiger partial charge in [0.25, 0.3) is 0 Å². The molecule has 5 rings (SSSR count). The maximum absolute atomic E-state index is 13.2. The van der Waals surface area contributed by atoms with E-state index in [1.54, 1.807) is 18.0 Å². The van der Waals surface area contributed by atoms with Crippen molar-refractivity contribution >= 4 is 23.8 Å². The first-order valence-corrected chi connectivity index (χ1v) is 17.3. The Bertz CT molecular complexity index is 1630. The van der Waals surface area contributed by atoms with Gasteiger partial charge in [0, 0.05) is 42.5 Å². The number of aliphatic hydroxyl groups is 1. The summed E-state index contributed by atoms with van der Waals surface area (Å²) in [5, 5.41) is 26.4. The van der Waals surface area contributed by atoms with Crippen LogP contribution in [-0.4, -0.2) is 61.5 Å². The van der Waals surface area contributed by atoms with Crippen molar-refractivity contribution in [2.45, 2.75) is 115 Å². The van der Waals surface area contributed by atoms with Crippen LogP contribution in [0.1, 0.15) is 92.1 Å². The zero-order valence-electron chi connectivity index (χ0n) is 29.5. The van der Waals surface area contributed by atoms with Crippen molar-refractivity contribution in [2.75, 3.05) is 5.32 Å². The number of carboxylic acid groups (broad SMARTS) is 1. The van der Waals surface area contributed by atoms with Crippen molar-refractivity contribution in [3.63, 3.8) is 0 Å². The van der Waals surface area contributed by atoms with Crippen LogP contribution in [0.4, 0.5) is 15.3 Å². The minimum absolute atomic E-state index is 0.00794. The third-order valence-electron chi connectivity index (χ3n) is 9.53. The van der Waals surface area contributed by atoms with Gasteiger partial charge < -0.3 is 30.5 Å². The summed E-state index contributed by atoms with van der Waals surface area (Å²) in [6, 6.07) is 19.6. The standard InChI is InChI=1S/C39H50N4O6/c1-25(2)43(36(46)47)31-18-12-26(13-19-31)20-33(44)41-30-21-32(27-10-8-7-9-11-27)34(40-22-30)28-14-16-29(17-15-28)39(23-38(6,48)24-39)42-35(45)49-37(3,4)5/h7-11,14-17,21-22,25-26,31,48H,12-13,18-20,23-24H2,1-6H3,(H,41,44)(H,42,45)(H,46,47). The van der Waals surface area contributed by atoms with Crippen LogP contribution in [-0.2, 0) is 15.1 Å². The summed E-state index contributed by atoms with van der Waals surface area (Å²) in [5.74, 6) is 0.116. The lowest BCUT2D eigenvalue weighted by Gasteiger charge is -2.52. The molecule has 2 aliphatic carbocycles. The highest BCUT2D eigenvalue weighted by Crippen LogP contribution is 2.49. The van der Waals surface area contributed by atoms with Gasteiger partial charge >= 0.3 is 12.2 Å². The molecule has 0 unspecified atom stereocenters. The molecule has 0 spiro atoms. The molecule has 49 heavy (non-hydrogen) atoms. The van der Waals surface area contributed by atoms with E-state index in [1.165, 1.54) is 0 Å². The number of alkyl carbamates (subject to hydrolysis) is 1. The Morgan fingerprint density at radius 2 is 1.61 bits per heavy atom. The Hall–Kier alpha value is -4.44. The predicted molar refractivity (Wildman–Crippen MR) is 190 cm³/mol. The minimum atomic E-state index is -0.898. The van der Waals surface area contributed by atoms with Gasteiger partial charge in [-0.2, -0.15) is 0 Å². The third-order valence-corrected chi connectivity index (χ3v) is 9.53. The van der Waals surface area contributed by atoms with Gasteiger partial charge in [-0.15, -0.1) is 0 Å². The number of anilines is 1. The maximum Gasteiger partial charge on any atom is 0.408 e. The lowest BCUT2D eigenvalue weighted by Crippen LogP contribution is -2.62. The molecule has 1 heterocycles. The van der Waals surface area contributed by atoms with Gasteiger partial charge in [-0.1, -0.05) is 54.6 Å². The molecule has 3 amide bonds. The topological polar surface area (TPSA) is 141 Å². The van der Waals surface area contributed by atoms with Crippen molar-refractivity contribution in [1.29, 1.82) is 0 Å². The second kappa shape index (κ2) is 14.2. The smallest absolute Gasteiger partial charge is 0.408 e. The molecule has 0 atom stereocenters. The molecular weight excluding hydrogens is 620 g/mol. The molecule has 0 bridgehead atoms. The number of carbonyl (C=O) groups is 3. The molecule has 2 saturated carbocycles. The van der Waals surface area contributed by atoms with Crippen LogP contribution in [0.2, 0.25) is 0 Å². The molecule has 2 fully saturated rings.